The third kappa shape index (κ3) is 5.45. The van der Waals surface area contributed by atoms with E-state index in [1.807, 2.05) is 30.3 Å². The number of methoxy groups -OCH3 is 1. The number of hydrogen-bond acceptors (Lipinski definition) is 4. The van der Waals surface area contributed by atoms with Gasteiger partial charge < -0.3 is 15.0 Å². The molecule has 0 bridgehead atoms. The molecule has 1 N–H and O–H groups in total. The van der Waals surface area contributed by atoms with Crippen molar-refractivity contribution in [2.24, 2.45) is 0 Å². The van der Waals surface area contributed by atoms with E-state index in [1.165, 1.54) is 12.0 Å². The van der Waals surface area contributed by atoms with Crippen molar-refractivity contribution < 1.29 is 19.1 Å². The van der Waals surface area contributed by atoms with Crippen LogP contribution in [0.2, 0.25) is 0 Å². The van der Waals surface area contributed by atoms with Gasteiger partial charge in [-0.2, -0.15) is 0 Å². The SMILES string of the molecule is C#CC(=O)N(Cc1ccc(C(=O)OC)cc1)C(C)C(=O)NCc1ccccc1. The summed E-state index contributed by atoms with van der Waals surface area (Å²) in [6.45, 7) is 2.12. The Kier molecular flexibility index (Phi) is 7.35. The van der Waals surface area contributed by atoms with Crippen LogP contribution in [0.3, 0.4) is 0 Å². The smallest absolute Gasteiger partial charge is 0.337 e. The molecule has 6 nitrogen and oxygen atoms in total. The summed E-state index contributed by atoms with van der Waals surface area (Å²) >= 11 is 0. The Bertz CT molecular complexity index is 870. The molecule has 2 amide bonds. The first-order chi connectivity index (χ1) is 13.5. The molecule has 1 atom stereocenters. The molecule has 0 spiro atoms. The van der Waals surface area contributed by atoms with E-state index in [1.54, 1.807) is 31.2 Å². The van der Waals surface area contributed by atoms with E-state index in [4.69, 9.17) is 6.42 Å². The molecule has 1 unspecified atom stereocenters. The normalized spacial score (nSPS) is 11.0. The third-order valence-electron chi connectivity index (χ3n) is 4.27. The number of rotatable bonds is 7. The lowest BCUT2D eigenvalue weighted by Crippen LogP contribution is -2.47. The Morgan fingerprint density at radius 2 is 1.71 bits per heavy atom. The van der Waals surface area contributed by atoms with Gasteiger partial charge in [0.25, 0.3) is 5.91 Å². The molecular formula is C22H22N2O4. The molecule has 28 heavy (non-hydrogen) atoms. The zero-order chi connectivity index (χ0) is 20.5. The number of hydrogen-bond donors (Lipinski definition) is 1. The number of benzene rings is 2. The molecule has 0 saturated heterocycles. The number of esters is 1. The Balaban J connectivity index is 2.07. The largest absolute Gasteiger partial charge is 0.465 e. The van der Waals surface area contributed by atoms with Gasteiger partial charge in [-0.05, 0) is 36.1 Å². The summed E-state index contributed by atoms with van der Waals surface area (Å²) in [4.78, 5) is 37.5. The van der Waals surface area contributed by atoms with E-state index in [0.717, 1.165) is 11.1 Å². The summed E-state index contributed by atoms with van der Waals surface area (Å²) in [5.41, 5.74) is 2.09. The predicted octanol–water partition coefficient (Wildman–Crippen LogP) is 2.14. The van der Waals surface area contributed by atoms with Crippen LogP contribution in [0.5, 0.6) is 0 Å². The summed E-state index contributed by atoms with van der Waals surface area (Å²) in [5, 5.41) is 2.81. The second-order valence-corrected chi connectivity index (χ2v) is 6.15. The molecule has 0 saturated carbocycles. The van der Waals surface area contributed by atoms with Gasteiger partial charge in [-0.15, -0.1) is 6.42 Å². The third-order valence-corrected chi connectivity index (χ3v) is 4.27. The average molecular weight is 378 g/mol. The van der Waals surface area contributed by atoms with Gasteiger partial charge in [-0.25, -0.2) is 4.79 Å². The van der Waals surface area contributed by atoms with Gasteiger partial charge in [0, 0.05) is 13.1 Å². The fraction of sp³-hybridized carbons (Fsp3) is 0.227. The van der Waals surface area contributed by atoms with Crippen LogP contribution in [0.4, 0.5) is 0 Å². The maximum Gasteiger partial charge on any atom is 0.337 e. The lowest BCUT2D eigenvalue weighted by Gasteiger charge is -2.26. The van der Waals surface area contributed by atoms with Crippen molar-refractivity contribution in [3.05, 3.63) is 71.3 Å². The molecule has 2 aromatic rings. The summed E-state index contributed by atoms with van der Waals surface area (Å²) in [6.07, 6.45) is 5.28. The van der Waals surface area contributed by atoms with E-state index in [9.17, 15) is 14.4 Å². The summed E-state index contributed by atoms with van der Waals surface area (Å²) in [7, 11) is 1.30. The number of amides is 2. The number of ether oxygens (including phenoxy) is 1. The highest BCUT2D eigenvalue weighted by molar-refractivity contribution is 5.96. The minimum atomic E-state index is -0.757. The predicted molar refractivity (Wildman–Crippen MR) is 105 cm³/mol. The fourth-order valence-corrected chi connectivity index (χ4v) is 2.60. The molecule has 0 radical (unpaired) electrons. The molecule has 0 aliphatic heterocycles. The van der Waals surface area contributed by atoms with Crippen LogP contribution in [-0.2, 0) is 27.4 Å². The number of terminal acetylenes is 1. The summed E-state index contributed by atoms with van der Waals surface area (Å²) in [6, 6.07) is 15.3. The number of carbonyl (C=O) groups is 3. The molecule has 0 heterocycles. The topological polar surface area (TPSA) is 75.7 Å². The number of nitrogens with zero attached hydrogens (tertiary/aromatic N) is 1. The first-order valence-corrected chi connectivity index (χ1v) is 8.72. The number of carbonyl (C=O) groups excluding carboxylic acids is 3. The van der Waals surface area contributed by atoms with Crippen molar-refractivity contribution in [1.82, 2.24) is 10.2 Å². The highest BCUT2D eigenvalue weighted by Gasteiger charge is 2.25. The van der Waals surface area contributed by atoms with Crippen molar-refractivity contribution in [3.63, 3.8) is 0 Å². The van der Waals surface area contributed by atoms with Crippen LogP contribution in [0.15, 0.2) is 54.6 Å². The molecular weight excluding hydrogens is 356 g/mol. The zero-order valence-electron chi connectivity index (χ0n) is 15.8. The molecule has 0 aromatic heterocycles. The van der Waals surface area contributed by atoms with Gasteiger partial charge in [0.1, 0.15) is 6.04 Å². The van der Waals surface area contributed by atoms with Gasteiger partial charge in [0.2, 0.25) is 5.91 Å². The van der Waals surface area contributed by atoms with E-state index < -0.39 is 17.9 Å². The summed E-state index contributed by atoms with van der Waals surface area (Å²) in [5.74, 6) is 0.728. The molecule has 0 aliphatic rings. The van der Waals surface area contributed by atoms with Gasteiger partial charge in [0.05, 0.1) is 12.7 Å². The lowest BCUT2D eigenvalue weighted by molar-refractivity contribution is -0.136. The monoisotopic (exact) mass is 378 g/mol. The Morgan fingerprint density at radius 1 is 1.07 bits per heavy atom. The van der Waals surface area contributed by atoms with Crippen molar-refractivity contribution >= 4 is 17.8 Å². The molecule has 144 valence electrons. The van der Waals surface area contributed by atoms with Crippen LogP contribution < -0.4 is 5.32 Å². The van der Waals surface area contributed by atoms with E-state index >= 15 is 0 Å². The Hall–Kier alpha value is -3.59. The van der Waals surface area contributed by atoms with Gasteiger partial charge in [-0.1, -0.05) is 42.5 Å². The molecule has 0 aliphatic carbocycles. The molecule has 2 aromatic carbocycles. The lowest BCUT2D eigenvalue weighted by atomic mass is 10.1. The van der Waals surface area contributed by atoms with E-state index in [0.29, 0.717) is 12.1 Å². The highest BCUT2D eigenvalue weighted by Crippen LogP contribution is 2.12. The second kappa shape index (κ2) is 9.93. The maximum absolute atomic E-state index is 12.5. The molecule has 0 fully saturated rings. The first-order valence-electron chi connectivity index (χ1n) is 8.72. The Labute approximate surface area is 164 Å². The standard InChI is InChI=1S/C22H22N2O4/c1-4-20(25)24(15-18-10-12-19(13-11-18)22(27)28-3)16(2)21(26)23-14-17-8-6-5-7-9-17/h1,5-13,16H,14-15H2,2-3H3,(H,23,26). The average Bonchev–Trinajstić information content (AvgIpc) is 2.75. The second-order valence-electron chi connectivity index (χ2n) is 6.15. The van der Waals surface area contributed by atoms with Crippen molar-refractivity contribution in [3.8, 4) is 12.3 Å². The minimum Gasteiger partial charge on any atom is -0.465 e. The van der Waals surface area contributed by atoms with Crippen LogP contribution in [0.25, 0.3) is 0 Å². The fourth-order valence-electron chi connectivity index (χ4n) is 2.60. The summed E-state index contributed by atoms with van der Waals surface area (Å²) < 4.78 is 4.66. The maximum atomic E-state index is 12.5. The zero-order valence-corrected chi connectivity index (χ0v) is 15.8. The number of nitrogens with one attached hydrogen (secondary N) is 1. The van der Waals surface area contributed by atoms with E-state index in [2.05, 4.69) is 16.0 Å². The quantitative estimate of drug-likeness (QED) is 0.592. The van der Waals surface area contributed by atoms with Crippen molar-refractivity contribution in [1.29, 1.82) is 0 Å². The van der Waals surface area contributed by atoms with Gasteiger partial charge >= 0.3 is 5.97 Å². The molecule has 2 rings (SSSR count). The van der Waals surface area contributed by atoms with Crippen molar-refractivity contribution in [2.75, 3.05) is 7.11 Å². The van der Waals surface area contributed by atoms with Crippen LogP contribution in [0, 0.1) is 12.3 Å². The van der Waals surface area contributed by atoms with Gasteiger partial charge in [0.15, 0.2) is 0 Å². The molecule has 6 heteroatoms. The van der Waals surface area contributed by atoms with Gasteiger partial charge in [-0.3, -0.25) is 9.59 Å². The first kappa shape index (κ1) is 20.7. The van der Waals surface area contributed by atoms with Crippen LogP contribution in [-0.4, -0.2) is 35.8 Å². The van der Waals surface area contributed by atoms with Crippen LogP contribution in [0.1, 0.15) is 28.4 Å². The Morgan fingerprint density at radius 3 is 2.29 bits per heavy atom. The minimum absolute atomic E-state index is 0.143. The van der Waals surface area contributed by atoms with Crippen LogP contribution >= 0.6 is 0 Å². The highest BCUT2D eigenvalue weighted by atomic mass is 16.5. The van der Waals surface area contributed by atoms with Crippen molar-refractivity contribution in [2.45, 2.75) is 26.1 Å². The van der Waals surface area contributed by atoms with E-state index in [-0.39, 0.29) is 12.5 Å².